The normalized spacial score (nSPS) is 10.7. The van der Waals surface area contributed by atoms with Gasteiger partial charge in [-0.3, -0.25) is 0 Å². The topological polar surface area (TPSA) is 43.8 Å². The summed E-state index contributed by atoms with van der Waals surface area (Å²) < 4.78 is 2.05. The number of imidazole rings is 1. The maximum atomic E-state index is 5.61. The van der Waals surface area contributed by atoms with E-state index in [2.05, 4.69) is 16.5 Å². The van der Waals surface area contributed by atoms with Crippen LogP contribution in [-0.2, 0) is 6.54 Å². The van der Waals surface area contributed by atoms with Crippen LogP contribution in [0.2, 0.25) is 0 Å². The molecule has 0 atom stereocenters. The fourth-order valence-corrected chi connectivity index (χ4v) is 2.30. The van der Waals surface area contributed by atoms with Gasteiger partial charge in [-0.25, -0.2) is 4.98 Å². The maximum Gasteiger partial charge on any atom is 0.167 e. The summed E-state index contributed by atoms with van der Waals surface area (Å²) in [7, 11) is 0. The Kier molecular flexibility index (Phi) is 7.65. The second kappa shape index (κ2) is 9.09. The molecule has 0 saturated carbocycles. The minimum absolute atomic E-state index is 0.388. The monoisotopic (exact) mass is 267 g/mol. The van der Waals surface area contributed by atoms with Crippen LogP contribution in [0.1, 0.15) is 64.1 Å². The largest absolute Gasteiger partial charge is 0.387 e. The van der Waals surface area contributed by atoms with Crippen molar-refractivity contribution in [2.24, 2.45) is 5.73 Å². The summed E-state index contributed by atoms with van der Waals surface area (Å²) in [6.45, 7) is 3.23. The van der Waals surface area contributed by atoms with Gasteiger partial charge in [-0.05, 0) is 6.42 Å². The number of unbranched alkanes of at least 4 members (excludes halogenated alkanes) is 7. The molecule has 0 unspecified atom stereocenters. The van der Waals surface area contributed by atoms with E-state index in [9.17, 15) is 0 Å². The SMILES string of the molecule is CCCCCCCCCCn1ccnc1C(N)=S. The van der Waals surface area contributed by atoms with Crippen LogP contribution < -0.4 is 5.73 Å². The molecule has 1 aromatic heterocycles. The highest BCUT2D eigenvalue weighted by atomic mass is 32.1. The molecule has 0 saturated heterocycles. The molecule has 0 spiro atoms. The van der Waals surface area contributed by atoms with Gasteiger partial charge in [0.15, 0.2) is 5.82 Å². The molecule has 0 radical (unpaired) electrons. The Balaban J connectivity index is 2.07. The van der Waals surface area contributed by atoms with E-state index in [-0.39, 0.29) is 0 Å². The third-order valence-electron chi connectivity index (χ3n) is 3.19. The maximum absolute atomic E-state index is 5.61. The van der Waals surface area contributed by atoms with Gasteiger partial charge in [0.05, 0.1) is 0 Å². The lowest BCUT2D eigenvalue weighted by Crippen LogP contribution is -2.16. The zero-order valence-corrected chi connectivity index (χ0v) is 12.2. The smallest absolute Gasteiger partial charge is 0.167 e. The Morgan fingerprint density at radius 3 is 2.39 bits per heavy atom. The van der Waals surface area contributed by atoms with Crippen molar-refractivity contribution >= 4 is 17.2 Å². The van der Waals surface area contributed by atoms with Gasteiger partial charge in [-0.15, -0.1) is 0 Å². The lowest BCUT2D eigenvalue weighted by molar-refractivity contribution is 0.542. The molecular formula is C14H25N3S. The van der Waals surface area contributed by atoms with Gasteiger partial charge < -0.3 is 10.3 Å². The van der Waals surface area contributed by atoms with Crippen LogP contribution in [-0.4, -0.2) is 14.5 Å². The van der Waals surface area contributed by atoms with Gasteiger partial charge in [0, 0.05) is 18.9 Å². The van der Waals surface area contributed by atoms with E-state index in [1.54, 1.807) is 6.20 Å². The average Bonchev–Trinajstić information content (AvgIpc) is 2.81. The quantitative estimate of drug-likeness (QED) is 0.520. The molecule has 1 rings (SSSR count). The first-order valence-corrected chi connectivity index (χ1v) is 7.47. The summed E-state index contributed by atoms with van der Waals surface area (Å²) in [4.78, 5) is 4.55. The van der Waals surface area contributed by atoms with Crippen molar-refractivity contribution in [2.75, 3.05) is 0 Å². The number of aryl methyl sites for hydroxylation is 1. The summed E-state index contributed by atoms with van der Waals surface area (Å²) in [5.74, 6) is 0.743. The average molecular weight is 267 g/mol. The number of nitrogens with zero attached hydrogens (tertiary/aromatic N) is 2. The zero-order valence-electron chi connectivity index (χ0n) is 11.4. The second-order valence-electron chi connectivity index (χ2n) is 4.78. The van der Waals surface area contributed by atoms with Gasteiger partial charge in [0.1, 0.15) is 4.99 Å². The number of thiocarbonyl (C=S) groups is 1. The highest BCUT2D eigenvalue weighted by Gasteiger charge is 2.04. The van der Waals surface area contributed by atoms with E-state index >= 15 is 0 Å². The Labute approximate surface area is 116 Å². The molecule has 0 aliphatic rings. The Bertz CT molecular complexity index is 347. The molecule has 1 heterocycles. The molecule has 0 aliphatic carbocycles. The first kappa shape index (κ1) is 15.2. The minimum Gasteiger partial charge on any atom is -0.387 e. The van der Waals surface area contributed by atoms with E-state index in [1.807, 2.05) is 6.20 Å². The Hall–Kier alpha value is -0.900. The van der Waals surface area contributed by atoms with Crippen molar-refractivity contribution in [3.05, 3.63) is 18.2 Å². The lowest BCUT2D eigenvalue weighted by Gasteiger charge is -2.06. The van der Waals surface area contributed by atoms with Crippen LogP contribution in [0, 0.1) is 0 Å². The van der Waals surface area contributed by atoms with Crippen molar-refractivity contribution in [1.29, 1.82) is 0 Å². The zero-order chi connectivity index (χ0) is 13.2. The number of hydrogen-bond acceptors (Lipinski definition) is 2. The predicted octanol–water partition coefficient (Wildman–Crippen LogP) is 3.66. The van der Waals surface area contributed by atoms with Crippen molar-refractivity contribution in [3.63, 3.8) is 0 Å². The summed E-state index contributed by atoms with van der Waals surface area (Å²) >= 11 is 4.96. The predicted molar refractivity (Wildman–Crippen MR) is 80.7 cm³/mol. The van der Waals surface area contributed by atoms with Gasteiger partial charge in [-0.2, -0.15) is 0 Å². The molecule has 1 aromatic rings. The highest BCUT2D eigenvalue weighted by molar-refractivity contribution is 7.80. The first-order valence-electron chi connectivity index (χ1n) is 7.06. The third-order valence-corrected chi connectivity index (χ3v) is 3.37. The number of rotatable bonds is 10. The molecular weight excluding hydrogens is 242 g/mol. The van der Waals surface area contributed by atoms with Gasteiger partial charge in [0.25, 0.3) is 0 Å². The van der Waals surface area contributed by atoms with Gasteiger partial charge in [-0.1, -0.05) is 64.1 Å². The van der Waals surface area contributed by atoms with E-state index in [1.165, 1.54) is 51.4 Å². The lowest BCUT2D eigenvalue weighted by atomic mass is 10.1. The first-order chi connectivity index (χ1) is 8.75. The van der Waals surface area contributed by atoms with Crippen LogP contribution in [0.15, 0.2) is 12.4 Å². The van der Waals surface area contributed by atoms with Crippen molar-refractivity contribution in [2.45, 2.75) is 64.8 Å². The highest BCUT2D eigenvalue weighted by Crippen LogP contribution is 2.09. The molecule has 102 valence electrons. The fraction of sp³-hybridized carbons (Fsp3) is 0.714. The molecule has 0 aromatic carbocycles. The van der Waals surface area contributed by atoms with E-state index in [0.29, 0.717) is 4.99 Å². The summed E-state index contributed by atoms with van der Waals surface area (Å²) in [5, 5.41) is 0. The number of hydrogen-bond donors (Lipinski definition) is 1. The Morgan fingerprint density at radius 1 is 1.17 bits per heavy atom. The fourth-order valence-electron chi connectivity index (χ4n) is 2.13. The molecule has 0 amide bonds. The van der Waals surface area contributed by atoms with Crippen molar-refractivity contribution in [1.82, 2.24) is 9.55 Å². The molecule has 0 fully saturated rings. The number of nitrogens with two attached hydrogens (primary N) is 1. The molecule has 3 nitrogen and oxygen atoms in total. The molecule has 4 heteroatoms. The van der Waals surface area contributed by atoms with Crippen LogP contribution >= 0.6 is 12.2 Å². The molecule has 0 bridgehead atoms. The molecule has 0 aliphatic heterocycles. The summed E-state index contributed by atoms with van der Waals surface area (Å²) in [6, 6.07) is 0. The molecule has 2 N–H and O–H groups in total. The van der Waals surface area contributed by atoms with Crippen LogP contribution in [0.25, 0.3) is 0 Å². The van der Waals surface area contributed by atoms with Crippen molar-refractivity contribution < 1.29 is 0 Å². The second-order valence-corrected chi connectivity index (χ2v) is 5.22. The van der Waals surface area contributed by atoms with Crippen molar-refractivity contribution in [3.8, 4) is 0 Å². The summed E-state index contributed by atoms with van der Waals surface area (Å²) in [5.41, 5.74) is 5.61. The van der Waals surface area contributed by atoms with Crippen LogP contribution in [0.4, 0.5) is 0 Å². The van der Waals surface area contributed by atoms with E-state index in [0.717, 1.165) is 12.4 Å². The minimum atomic E-state index is 0.388. The van der Waals surface area contributed by atoms with Crippen LogP contribution in [0.5, 0.6) is 0 Å². The summed E-state index contributed by atoms with van der Waals surface area (Å²) in [6.07, 6.45) is 14.4. The van der Waals surface area contributed by atoms with Gasteiger partial charge >= 0.3 is 0 Å². The van der Waals surface area contributed by atoms with E-state index in [4.69, 9.17) is 18.0 Å². The number of aromatic nitrogens is 2. The van der Waals surface area contributed by atoms with Gasteiger partial charge in [0.2, 0.25) is 0 Å². The van der Waals surface area contributed by atoms with E-state index < -0.39 is 0 Å². The Morgan fingerprint density at radius 2 is 1.78 bits per heavy atom. The standard InChI is InChI=1S/C14H25N3S/c1-2-3-4-5-6-7-8-9-11-17-12-10-16-14(17)13(15)18/h10,12H,2-9,11H2,1H3,(H2,15,18). The van der Waals surface area contributed by atoms with Crippen LogP contribution in [0.3, 0.4) is 0 Å². The molecule has 18 heavy (non-hydrogen) atoms. The third kappa shape index (κ3) is 5.63.